The number of nitrogens with zero attached hydrogens (tertiary/aromatic N) is 3. The summed E-state index contributed by atoms with van der Waals surface area (Å²) in [5.74, 6) is -1.12. The summed E-state index contributed by atoms with van der Waals surface area (Å²) in [5, 5.41) is 16.9. The molecule has 17 heavy (non-hydrogen) atoms. The van der Waals surface area contributed by atoms with Crippen molar-refractivity contribution in [3.05, 3.63) is 0 Å². The Morgan fingerprint density at radius 2 is 1.65 bits per heavy atom. The Bertz CT molecular complexity index is 337. The topological polar surface area (TPSA) is 137 Å². The Kier molecular flexibility index (Phi) is 7.07. The first-order valence-electron chi connectivity index (χ1n) is 5.09. The van der Waals surface area contributed by atoms with Crippen LogP contribution in [0.25, 0.3) is 0 Å². The van der Waals surface area contributed by atoms with Gasteiger partial charge in [-0.15, -0.1) is 0 Å². The Morgan fingerprint density at radius 1 is 1.18 bits per heavy atom. The molecule has 0 saturated heterocycles. The van der Waals surface area contributed by atoms with Crippen molar-refractivity contribution in [1.29, 1.82) is 10.5 Å². The molecule has 0 heterocycles. The number of carbonyl (C=O) groups excluding carboxylic acids is 2. The average Bonchev–Trinajstić information content (AvgIpc) is 2.27. The highest BCUT2D eigenvalue weighted by Gasteiger charge is 2.21. The van der Waals surface area contributed by atoms with E-state index < -0.39 is 17.9 Å². The molecule has 4 N–H and O–H groups in total. The molecule has 1 unspecified atom stereocenters. The molecule has 7 nitrogen and oxygen atoms in total. The van der Waals surface area contributed by atoms with Gasteiger partial charge in [0.2, 0.25) is 11.8 Å². The van der Waals surface area contributed by atoms with Crippen LogP contribution >= 0.6 is 0 Å². The van der Waals surface area contributed by atoms with Crippen LogP contribution in [0.3, 0.4) is 0 Å². The van der Waals surface area contributed by atoms with Crippen molar-refractivity contribution >= 4 is 11.8 Å². The van der Waals surface area contributed by atoms with Crippen LogP contribution in [-0.4, -0.2) is 35.8 Å². The van der Waals surface area contributed by atoms with E-state index in [0.717, 1.165) is 0 Å². The molecule has 92 valence electrons. The molecule has 0 fully saturated rings. The SMILES string of the molecule is N#CCCN(CCC#N)C(=O)C(N)CC(N)=O. The quantitative estimate of drug-likeness (QED) is 0.575. The zero-order valence-electron chi connectivity index (χ0n) is 9.43. The minimum Gasteiger partial charge on any atom is -0.370 e. The summed E-state index contributed by atoms with van der Waals surface area (Å²) < 4.78 is 0. The van der Waals surface area contributed by atoms with Gasteiger partial charge in [-0.1, -0.05) is 0 Å². The summed E-state index contributed by atoms with van der Waals surface area (Å²) in [4.78, 5) is 23.7. The van der Waals surface area contributed by atoms with E-state index in [1.54, 1.807) is 0 Å². The first-order chi connectivity index (χ1) is 8.02. The lowest BCUT2D eigenvalue weighted by atomic mass is 10.1. The van der Waals surface area contributed by atoms with Gasteiger partial charge in [0.25, 0.3) is 0 Å². The van der Waals surface area contributed by atoms with Gasteiger partial charge in [0, 0.05) is 13.1 Å². The number of nitriles is 2. The molecule has 0 aliphatic carbocycles. The van der Waals surface area contributed by atoms with Crippen LogP contribution in [0.15, 0.2) is 0 Å². The van der Waals surface area contributed by atoms with Gasteiger partial charge in [-0.3, -0.25) is 9.59 Å². The van der Waals surface area contributed by atoms with Gasteiger partial charge in [0.05, 0.1) is 37.4 Å². The van der Waals surface area contributed by atoms with E-state index >= 15 is 0 Å². The Labute approximate surface area is 99.6 Å². The lowest BCUT2D eigenvalue weighted by Gasteiger charge is -2.23. The fourth-order valence-corrected chi connectivity index (χ4v) is 1.24. The van der Waals surface area contributed by atoms with Crippen LogP contribution in [0, 0.1) is 22.7 Å². The van der Waals surface area contributed by atoms with Crippen molar-refractivity contribution in [2.75, 3.05) is 13.1 Å². The highest BCUT2D eigenvalue weighted by atomic mass is 16.2. The second-order valence-corrected chi connectivity index (χ2v) is 3.42. The third-order valence-corrected chi connectivity index (χ3v) is 2.04. The number of carbonyl (C=O) groups is 2. The van der Waals surface area contributed by atoms with Gasteiger partial charge in [-0.05, 0) is 0 Å². The molecule has 2 amide bonds. The Morgan fingerprint density at radius 3 is 2.00 bits per heavy atom. The fourth-order valence-electron chi connectivity index (χ4n) is 1.24. The summed E-state index contributed by atoms with van der Waals surface area (Å²) in [6.45, 7) is 0.396. The summed E-state index contributed by atoms with van der Waals surface area (Å²) in [7, 11) is 0. The third kappa shape index (κ3) is 6.13. The van der Waals surface area contributed by atoms with E-state index in [0.29, 0.717) is 0 Å². The van der Waals surface area contributed by atoms with E-state index in [4.69, 9.17) is 22.0 Å². The molecule has 7 heteroatoms. The number of hydrogen-bond donors (Lipinski definition) is 2. The molecule has 0 saturated carbocycles. The highest BCUT2D eigenvalue weighted by molar-refractivity contribution is 5.87. The van der Waals surface area contributed by atoms with E-state index in [1.165, 1.54) is 4.90 Å². The third-order valence-electron chi connectivity index (χ3n) is 2.04. The Hall–Kier alpha value is -2.12. The maximum absolute atomic E-state index is 11.8. The van der Waals surface area contributed by atoms with Gasteiger partial charge < -0.3 is 16.4 Å². The predicted molar refractivity (Wildman–Crippen MR) is 58.8 cm³/mol. The zero-order chi connectivity index (χ0) is 13.3. The largest absolute Gasteiger partial charge is 0.370 e. The molecule has 1 atom stereocenters. The van der Waals surface area contributed by atoms with Gasteiger partial charge in [0.15, 0.2) is 0 Å². The second-order valence-electron chi connectivity index (χ2n) is 3.42. The minimum atomic E-state index is -1.01. The zero-order valence-corrected chi connectivity index (χ0v) is 9.43. The van der Waals surface area contributed by atoms with E-state index in [2.05, 4.69) is 0 Å². The van der Waals surface area contributed by atoms with Crippen molar-refractivity contribution in [3.63, 3.8) is 0 Å². The van der Waals surface area contributed by atoms with Crippen molar-refractivity contribution in [1.82, 2.24) is 4.90 Å². The van der Waals surface area contributed by atoms with Crippen molar-refractivity contribution in [3.8, 4) is 12.1 Å². The maximum Gasteiger partial charge on any atom is 0.240 e. The lowest BCUT2D eigenvalue weighted by Crippen LogP contribution is -2.46. The molecule has 0 aromatic rings. The van der Waals surface area contributed by atoms with Gasteiger partial charge >= 0.3 is 0 Å². The fraction of sp³-hybridized carbons (Fsp3) is 0.600. The maximum atomic E-state index is 11.8. The van der Waals surface area contributed by atoms with E-state index in [-0.39, 0.29) is 32.4 Å². The predicted octanol–water partition coefficient (Wildman–Crippen LogP) is -1.15. The monoisotopic (exact) mass is 237 g/mol. The van der Waals surface area contributed by atoms with Gasteiger partial charge in [-0.25, -0.2) is 0 Å². The van der Waals surface area contributed by atoms with Crippen LogP contribution in [0.4, 0.5) is 0 Å². The van der Waals surface area contributed by atoms with Crippen molar-refractivity contribution in [2.24, 2.45) is 11.5 Å². The molecule has 0 aliphatic heterocycles. The summed E-state index contributed by atoms with van der Waals surface area (Å²) in [6, 6.07) is 2.79. The summed E-state index contributed by atoms with van der Waals surface area (Å²) in [5.41, 5.74) is 10.4. The van der Waals surface area contributed by atoms with Crippen LogP contribution in [0.2, 0.25) is 0 Å². The highest BCUT2D eigenvalue weighted by Crippen LogP contribution is 2.00. The normalized spacial score (nSPS) is 11.0. The Balaban J connectivity index is 4.45. The number of rotatable bonds is 7. The number of amides is 2. The van der Waals surface area contributed by atoms with Gasteiger partial charge in [0.1, 0.15) is 0 Å². The van der Waals surface area contributed by atoms with Crippen LogP contribution in [0.1, 0.15) is 19.3 Å². The molecule has 0 spiro atoms. The second kappa shape index (κ2) is 8.08. The summed E-state index contributed by atoms with van der Waals surface area (Å²) >= 11 is 0. The van der Waals surface area contributed by atoms with Gasteiger partial charge in [-0.2, -0.15) is 10.5 Å². The van der Waals surface area contributed by atoms with E-state index in [1.807, 2.05) is 12.1 Å². The standard InChI is InChI=1S/C10H15N5O2/c11-3-1-5-15(6-2-4-12)10(17)8(13)7-9(14)16/h8H,1-2,5-7,13H2,(H2,14,16). The molecule has 0 bridgehead atoms. The van der Waals surface area contributed by atoms with Crippen LogP contribution in [-0.2, 0) is 9.59 Å². The lowest BCUT2D eigenvalue weighted by molar-refractivity contribution is -0.134. The average molecular weight is 237 g/mol. The molecule has 0 aromatic carbocycles. The van der Waals surface area contributed by atoms with Crippen molar-refractivity contribution in [2.45, 2.75) is 25.3 Å². The van der Waals surface area contributed by atoms with Crippen molar-refractivity contribution < 1.29 is 9.59 Å². The molecular weight excluding hydrogens is 222 g/mol. The molecule has 0 aromatic heterocycles. The number of primary amides is 1. The van der Waals surface area contributed by atoms with Crippen LogP contribution in [0.5, 0.6) is 0 Å². The first kappa shape index (κ1) is 14.9. The first-order valence-corrected chi connectivity index (χ1v) is 5.09. The molecular formula is C10H15N5O2. The minimum absolute atomic E-state index is 0.153. The number of nitrogens with two attached hydrogens (primary N) is 2. The van der Waals surface area contributed by atoms with E-state index in [9.17, 15) is 9.59 Å². The van der Waals surface area contributed by atoms with Crippen LogP contribution < -0.4 is 11.5 Å². The smallest absolute Gasteiger partial charge is 0.240 e. The molecule has 0 radical (unpaired) electrons. The molecule has 0 rings (SSSR count). The molecule has 0 aliphatic rings. The summed E-state index contributed by atoms with van der Waals surface area (Å²) in [6.07, 6.45) is 0.0648. The number of hydrogen-bond acceptors (Lipinski definition) is 5.